The van der Waals surface area contributed by atoms with E-state index < -0.39 is 0 Å². The molecule has 1 aliphatic carbocycles. The lowest BCUT2D eigenvalue weighted by molar-refractivity contribution is -0.126. The molecule has 7 heteroatoms. The van der Waals surface area contributed by atoms with Crippen molar-refractivity contribution >= 4 is 27.5 Å². The zero-order valence-corrected chi connectivity index (χ0v) is 21.0. The molecule has 0 spiro atoms. The van der Waals surface area contributed by atoms with Crippen LogP contribution < -0.4 is 16.6 Å². The number of fused-ring (bicyclic) bond motifs is 1. The maximum absolute atomic E-state index is 13.5. The van der Waals surface area contributed by atoms with E-state index in [2.05, 4.69) is 12.2 Å². The molecule has 6 nitrogen and oxygen atoms in total. The van der Waals surface area contributed by atoms with Gasteiger partial charge in [0, 0.05) is 19.0 Å². The van der Waals surface area contributed by atoms with E-state index in [-0.39, 0.29) is 29.0 Å². The van der Waals surface area contributed by atoms with Crippen LogP contribution in [0.2, 0.25) is 0 Å². The molecule has 2 heterocycles. The molecule has 0 atom stereocenters. The van der Waals surface area contributed by atoms with Crippen LogP contribution in [0, 0.1) is 18.8 Å². The molecule has 34 heavy (non-hydrogen) atoms. The number of rotatable bonds is 9. The Hall–Kier alpha value is -2.67. The molecule has 0 radical (unpaired) electrons. The number of carbonyl (C=O) groups excluding carboxylic acids is 1. The molecular weight excluding hydrogens is 446 g/mol. The van der Waals surface area contributed by atoms with Gasteiger partial charge < -0.3 is 5.32 Å². The second-order valence-electron chi connectivity index (χ2n) is 9.56. The number of aromatic nitrogens is 2. The van der Waals surface area contributed by atoms with Gasteiger partial charge in [0.05, 0.1) is 12.1 Å². The molecule has 1 saturated carbocycles. The second-order valence-corrected chi connectivity index (χ2v) is 10.5. The molecule has 1 fully saturated rings. The first-order valence-electron chi connectivity index (χ1n) is 12.5. The van der Waals surface area contributed by atoms with Crippen LogP contribution in [0.3, 0.4) is 0 Å². The van der Waals surface area contributed by atoms with Gasteiger partial charge in [-0.25, -0.2) is 4.79 Å². The van der Waals surface area contributed by atoms with Crippen LogP contribution in [-0.4, -0.2) is 21.6 Å². The highest BCUT2D eigenvalue weighted by Crippen LogP contribution is 2.30. The molecular formula is C27H35N3O3S. The highest BCUT2D eigenvalue weighted by atomic mass is 32.1. The number of thiophene rings is 1. The Bertz CT molecular complexity index is 1250. The number of hydrogen-bond acceptors (Lipinski definition) is 4. The number of amides is 1. The molecule has 4 rings (SSSR count). The predicted octanol–water partition coefficient (Wildman–Crippen LogP) is 4.69. The van der Waals surface area contributed by atoms with E-state index in [9.17, 15) is 14.4 Å². The standard InChI is InChI=1S/C27H35N3O3S/c1-3-4-7-15-28-25(31)21-12-10-20(11-13-21)17-30-26(32)24-23(14-16-34-24)29(27(30)33)18-22-9-6-5-8-19(22)2/h5-6,8-9,14,16,20-21H,3-4,7,10-13,15,17-18H2,1-2H3,(H,28,31). The van der Waals surface area contributed by atoms with Crippen molar-refractivity contribution in [1.82, 2.24) is 14.5 Å². The second kappa shape index (κ2) is 11.2. The topological polar surface area (TPSA) is 73.1 Å². The summed E-state index contributed by atoms with van der Waals surface area (Å²) in [6.45, 7) is 5.82. The number of hydrogen-bond donors (Lipinski definition) is 1. The van der Waals surface area contributed by atoms with Gasteiger partial charge in [-0.2, -0.15) is 0 Å². The Kier molecular flexibility index (Phi) is 8.03. The summed E-state index contributed by atoms with van der Waals surface area (Å²) in [6, 6.07) is 9.91. The van der Waals surface area contributed by atoms with Crippen molar-refractivity contribution in [3.63, 3.8) is 0 Å². The van der Waals surface area contributed by atoms with E-state index >= 15 is 0 Å². The van der Waals surface area contributed by atoms with E-state index in [1.54, 1.807) is 4.57 Å². The van der Waals surface area contributed by atoms with Gasteiger partial charge in [-0.3, -0.25) is 18.7 Å². The van der Waals surface area contributed by atoms with Gasteiger partial charge in [0.25, 0.3) is 5.56 Å². The lowest BCUT2D eigenvalue weighted by Gasteiger charge is -2.28. The Morgan fingerprint density at radius 3 is 2.56 bits per heavy atom. The van der Waals surface area contributed by atoms with E-state index in [4.69, 9.17) is 0 Å². The van der Waals surface area contributed by atoms with Crippen molar-refractivity contribution in [2.24, 2.45) is 11.8 Å². The minimum absolute atomic E-state index is 0.0482. The van der Waals surface area contributed by atoms with E-state index in [0.29, 0.717) is 23.3 Å². The minimum Gasteiger partial charge on any atom is -0.356 e. The Labute approximate surface area is 204 Å². The Balaban J connectivity index is 1.49. The number of aryl methyl sites for hydroxylation is 1. The minimum atomic E-state index is -0.241. The van der Waals surface area contributed by atoms with Gasteiger partial charge in [-0.05, 0) is 67.5 Å². The normalized spacial score (nSPS) is 18.3. The number of benzene rings is 1. The maximum Gasteiger partial charge on any atom is 0.331 e. The zero-order chi connectivity index (χ0) is 24.1. The van der Waals surface area contributed by atoms with Crippen molar-refractivity contribution in [1.29, 1.82) is 0 Å². The molecule has 1 aromatic carbocycles. The summed E-state index contributed by atoms with van der Waals surface area (Å²) in [5.74, 6) is 0.443. The summed E-state index contributed by atoms with van der Waals surface area (Å²) in [7, 11) is 0. The van der Waals surface area contributed by atoms with Gasteiger partial charge in [0.1, 0.15) is 4.70 Å². The van der Waals surface area contributed by atoms with Crippen LogP contribution in [0.15, 0.2) is 45.3 Å². The molecule has 0 saturated heterocycles. The fourth-order valence-electron chi connectivity index (χ4n) is 5.00. The molecule has 2 aromatic heterocycles. The number of unbranched alkanes of at least 4 members (excludes halogenated alkanes) is 2. The van der Waals surface area contributed by atoms with Gasteiger partial charge in [0.2, 0.25) is 5.91 Å². The quantitative estimate of drug-likeness (QED) is 0.451. The predicted molar refractivity (Wildman–Crippen MR) is 139 cm³/mol. The fourth-order valence-corrected chi connectivity index (χ4v) is 5.84. The molecule has 0 aliphatic heterocycles. The van der Waals surface area contributed by atoms with Crippen molar-refractivity contribution in [3.8, 4) is 0 Å². The molecule has 1 amide bonds. The first-order chi connectivity index (χ1) is 16.5. The average Bonchev–Trinajstić information content (AvgIpc) is 3.34. The van der Waals surface area contributed by atoms with Gasteiger partial charge >= 0.3 is 5.69 Å². The number of carbonyl (C=O) groups is 1. The first kappa shape index (κ1) is 24.5. The van der Waals surface area contributed by atoms with Gasteiger partial charge in [-0.15, -0.1) is 11.3 Å². The first-order valence-corrected chi connectivity index (χ1v) is 13.4. The summed E-state index contributed by atoms with van der Waals surface area (Å²) in [5, 5.41) is 4.96. The van der Waals surface area contributed by atoms with E-state index in [1.165, 1.54) is 15.9 Å². The third kappa shape index (κ3) is 5.35. The summed E-state index contributed by atoms with van der Waals surface area (Å²) in [4.78, 5) is 39.2. The lowest BCUT2D eigenvalue weighted by Crippen LogP contribution is -2.42. The van der Waals surface area contributed by atoms with Crippen LogP contribution in [0.1, 0.15) is 63.0 Å². The smallest absolute Gasteiger partial charge is 0.331 e. The summed E-state index contributed by atoms with van der Waals surface area (Å²) in [6.07, 6.45) is 6.66. The summed E-state index contributed by atoms with van der Waals surface area (Å²) < 4.78 is 3.81. The largest absolute Gasteiger partial charge is 0.356 e. The van der Waals surface area contributed by atoms with Crippen molar-refractivity contribution in [2.45, 2.75) is 71.9 Å². The fraction of sp³-hybridized carbons (Fsp3) is 0.519. The van der Waals surface area contributed by atoms with Crippen LogP contribution >= 0.6 is 11.3 Å². The SMILES string of the molecule is CCCCCNC(=O)C1CCC(Cn2c(=O)c3sccc3n(Cc3ccccc3C)c2=O)CC1. The maximum atomic E-state index is 13.5. The highest BCUT2D eigenvalue weighted by molar-refractivity contribution is 7.17. The molecule has 1 N–H and O–H groups in total. The monoisotopic (exact) mass is 481 g/mol. The third-order valence-corrected chi connectivity index (χ3v) is 8.06. The van der Waals surface area contributed by atoms with Crippen LogP contribution in [0.5, 0.6) is 0 Å². The molecule has 1 aliphatic rings. The van der Waals surface area contributed by atoms with Crippen molar-refractivity contribution in [2.75, 3.05) is 6.54 Å². The number of nitrogens with one attached hydrogen (secondary N) is 1. The van der Waals surface area contributed by atoms with Crippen molar-refractivity contribution in [3.05, 3.63) is 67.7 Å². The van der Waals surface area contributed by atoms with Crippen LogP contribution in [0.25, 0.3) is 10.2 Å². The zero-order valence-electron chi connectivity index (χ0n) is 20.2. The Morgan fingerprint density at radius 2 is 1.82 bits per heavy atom. The van der Waals surface area contributed by atoms with Crippen LogP contribution in [-0.2, 0) is 17.9 Å². The number of nitrogens with zero attached hydrogens (tertiary/aromatic N) is 2. The van der Waals surface area contributed by atoms with Crippen LogP contribution in [0.4, 0.5) is 0 Å². The van der Waals surface area contributed by atoms with Gasteiger partial charge in [-0.1, -0.05) is 44.0 Å². The highest BCUT2D eigenvalue weighted by Gasteiger charge is 2.27. The Morgan fingerprint density at radius 1 is 1.06 bits per heavy atom. The van der Waals surface area contributed by atoms with Crippen molar-refractivity contribution < 1.29 is 4.79 Å². The molecule has 0 bridgehead atoms. The van der Waals surface area contributed by atoms with E-state index in [0.717, 1.165) is 62.6 Å². The molecule has 0 unspecified atom stereocenters. The molecule has 3 aromatic rings. The summed E-state index contributed by atoms with van der Waals surface area (Å²) in [5.41, 5.74) is 2.49. The van der Waals surface area contributed by atoms with E-state index in [1.807, 2.05) is 42.6 Å². The molecule has 182 valence electrons. The lowest BCUT2D eigenvalue weighted by atomic mass is 9.81. The average molecular weight is 482 g/mol. The van der Waals surface area contributed by atoms with Gasteiger partial charge in [0.15, 0.2) is 0 Å². The third-order valence-electron chi connectivity index (χ3n) is 7.16. The summed E-state index contributed by atoms with van der Waals surface area (Å²) >= 11 is 1.40.